The van der Waals surface area contributed by atoms with Gasteiger partial charge in [-0.2, -0.15) is 0 Å². The normalized spacial score (nSPS) is 20.8. The number of nitrogens with zero attached hydrogens (tertiary/aromatic N) is 2. The van der Waals surface area contributed by atoms with Gasteiger partial charge in [-0.25, -0.2) is 4.98 Å². The third-order valence-electron chi connectivity index (χ3n) is 3.18. The van der Waals surface area contributed by atoms with E-state index in [0.717, 1.165) is 23.4 Å². The Bertz CT molecular complexity index is 386. The largest absolute Gasteiger partial charge is 0.369 e. The van der Waals surface area contributed by atoms with Crippen molar-refractivity contribution >= 4 is 33.3 Å². The van der Waals surface area contributed by atoms with Crippen LogP contribution in [0.5, 0.6) is 0 Å². The highest BCUT2D eigenvalue weighted by Gasteiger charge is 2.20. The molecular weight excluding hydrogens is 302 g/mol. The number of anilines is 1. The van der Waals surface area contributed by atoms with Crippen molar-refractivity contribution in [2.75, 3.05) is 31.5 Å². The molecule has 2 rings (SSSR count). The number of likely N-dealkylation sites (tertiary alicyclic amines) is 1. The molecule has 3 nitrogen and oxygen atoms in total. The molecule has 2 heterocycles. The molecule has 0 saturated carbocycles. The van der Waals surface area contributed by atoms with E-state index in [1.165, 1.54) is 19.5 Å². The van der Waals surface area contributed by atoms with E-state index in [2.05, 4.69) is 38.1 Å². The van der Waals surface area contributed by atoms with Gasteiger partial charge in [0.25, 0.3) is 0 Å². The number of rotatable bonds is 4. The van der Waals surface area contributed by atoms with Gasteiger partial charge in [-0.15, -0.1) is 0 Å². The fourth-order valence-corrected chi connectivity index (χ4v) is 2.85. The predicted octanol–water partition coefficient (Wildman–Crippen LogP) is 3.25. The van der Waals surface area contributed by atoms with Gasteiger partial charge >= 0.3 is 0 Å². The summed E-state index contributed by atoms with van der Waals surface area (Å²) < 4.78 is 0.908. The Labute approximate surface area is 116 Å². The monoisotopic (exact) mass is 317 g/mol. The number of pyridine rings is 1. The summed E-state index contributed by atoms with van der Waals surface area (Å²) in [5, 5.41) is 4.01. The van der Waals surface area contributed by atoms with Crippen molar-refractivity contribution in [1.29, 1.82) is 0 Å². The van der Waals surface area contributed by atoms with Gasteiger partial charge in [-0.3, -0.25) is 0 Å². The molecular formula is C12H17BrClN3. The summed E-state index contributed by atoms with van der Waals surface area (Å²) in [6.45, 7) is 6.70. The third-order valence-corrected chi connectivity index (χ3v) is 3.90. The number of halogens is 2. The third kappa shape index (κ3) is 3.57. The van der Waals surface area contributed by atoms with Crippen LogP contribution in [0.4, 0.5) is 5.82 Å². The number of hydrogen-bond donors (Lipinski definition) is 1. The molecule has 1 aromatic heterocycles. The van der Waals surface area contributed by atoms with E-state index in [0.29, 0.717) is 10.9 Å². The summed E-state index contributed by atoms with van der Waals surface area (Å²) in [5.41, 5.74) is 0. The second kappa shape index (κ2) is 6.03. The van der Waals surface area contributed by atoms with Crippen LogP contribution in [0.25, 0.3) is 0 Å². The Morgan fingerprint density at radius 2 is 2.47 bits per heavy atom. The van der Waals surface area contributed by atoms with E-state index in [1.54, 1.807) is 6.20 Å². The molecule has 1 aliphatic heterocycles. The molecule has 1 atom stereocenters. The van der Waals surface area contributed by atoms with Crippen LogP contribution in [0.3, 0.4) is 0 Å². The molecule has 1 fully saturated rings. The first-order valence-electron chi connectivity index (χ1n) is 5.96. The van der Waals surface area contributed by atoms with Crippen molar-refractivity contribution in [3.05, 3.63) is 21.8 Å². The maximum atomic E-state index is 6.11. The molecule has 0 spiro atoms. The minimum absolute atomic E-state index is 0.671. The molecule has 0 aromatic carbocycles. The second-order valence-corrected chi connectivity index (χ2v) is 5.74. The highest BCUT2D eigenvalue weighted by Crippen LogP contribution is 2.24. The lowest BCUT2D eigenvalue weighted by Crippen LogP contribution is -2.22. The molecule has 1 N–H and O–H groups in total. The quantitative estimate of drug-likeness (QED) is 0.923. The molecule has 1 aliphatic rings. The predicted molar refractivity (Wildman–Crippen MR) is 75.7 cm³/mol. The number of nitrogens with one attached hydrogen (secondary N) is 1. The maximum Gasteiger partial charge on any atom is 0.144 e. The van der Waals surface area contributed by atoms with E-state index in [1.807, 2.05) is 6.07 Å². The van der Waals surface area contributed by atoms with Gasteiger partial charge in [-0.1, -0.05) is 18.5 Å². The Morgan fingerprint density at radius 1 is 1.65 bits per heavy atom. The summed E-state index contributed by atoms with van der Waals surface area (Å²) in [4.78, 5) is 6.75. The fraction of sp³-hybridized carbons (Fsp3) is 0.583. The van der Waals surface area contributed by atoms with Gasteiger partial charge in [0.2, 0.25) is 0 Å². The van der Waals surface area contributed by atoms with Crippen molar-refractivity contribution < 1.29 is 0 Å². The average molecular weight is 319 g/mol. The minimum Gasteiger partial charge on any atom is -0.369 e. The Kier molecular flexibility index (Phi) is 4.65. The molecule has 1 saturated heterocycles. The van der Waals surface area contributed by atoms with E-state index in [9.17, 15) is 0 Å². The highest BCUT2D eigenvalue weighted by molar-refractivity contribution is 9.10. The van der Waals surface area contributed by atoms with E-state index >= 15 is 0 Å². The summed E-state index contributed by atoms with van der Waals surface area (Å²) in [6, 6.07) is 1.86. The Hall–Kier alpha value is -0.320. The molecule has 1 aromatic rings. The molecule has 5 heteroatoms. The zero-order valence-corrected chi connectivity index (χ0v) is 12.3. The Morgan fingerprint density at radius 3 is 3.12 bits per heavy atom. The van der Waals surface area contributed by atoms with Gasteiger partial charge in [-0.05, 0) is 47.4 Å². The van der Waals surface area contributed by atoms with Crippen LogP contribution < -0.4 is 5.32 Å². The highest BCUT2D eigenvalue weighted by atomic mass is 79.9. The van der Waals surface area contributed by atoms with Gasteiger partial charge in [0.15, 0.2) is 0 Å². The van der Waals surface area contributed by atoms with E-state index in [4.69, 9.17) is 11.6 Å². The summed E-state index contributed by atoms with van der Waals surface area (Å²) in [7, 11) is 0. The number of hydrogen-bond acceptors (Lipinski definition) is 3. The molecule has 1 unspecified atom stereocenters. The van der Waals surface area contributed by atoms with Crippen LogP contribution in [-0.2, 0) is 0 Å². The van der Waals surface area contributed by atoms with Crippen LogP contribution in [0.2, 0.25) is 5.02 Å². The molecule has 17 heavy (non-hydrogen) atoms. The lowest BCUT2D eigenvalue weighted by molar-refractivity contribution is 0.345. The summed E-state index contributed by atoms with van der Waals surface area (Å²) in [6.07, 6.45) is 3.02. The van der Waals surface area contributed by atoms with Crippen LogP contribution in [-0.4, -0.2) is 36.1 Å². The average Bonchev–Trinajstić information content (AvgIpc) is 2.76. The van der Waals surface area contributed by atoms with Gasteiger partial charge in [0, 0.05) is 23.8 Å². The van der Waals surface area contributed by atoms with E-state index < -0.39 is 0 Å². The van der Waals surface area contributed by atoms with Crippen molar-refractivity contribution in [1.82, 2.24) is 9.88 Å². The topological polar surface area (TPSA) is 28.2 Å². The summed E-state index contributed by atoms with van der Waals surface area (Å²) in [5.74, 6) is 1.49. The molecule has 0 bridgehead atoms. The summed E-state index contributed by atoms with van der Waals surface area (Å²) >= 11 is 9.45. The zero-order chi connectivity index (χ0) is 12.3. The van der Waals surface area contributed by atoms with Crippen LogP contribution in [0.1, 0.15) is 13.3 Å². The lowest BCUT2D eigenvalue weighted by Gasteiger charge is -2.14. The first-order chi connectivity index (χ1) is 8.19. The van der Waals surface area contributed by atoms with Gasteiger partial charge in [0.1, 0.15) is 5.82 Å². The molecule has 0 aliphatic carbocycles. The van der Waals surface area contributed by atoms with Crippen molar-refractivity contribution in [2.45, 2.75) is 13.3 Å². The smallest absolute Gasteiger partial charge is 0.144 e. The van der Waals surface area contributed by atoms with E-state index in [-0.39, 0.29) is 0 Å². The van der Waals surface area contributed by atoms with Crippen molar-refractivity contribution in [3.8, 4) is 0 Å². The lowest BCUT2D eigenvalue weighted by atomic mass is 10.1. The maximum absolute atomic E-state index is 6.11. The Balaban J connectivity index is 1.86. The molecule has 0 amide bonds. The zero-order valence-electron chi connectivity index (χ0n) is 9.92. The van der Waals surface area contributed by atoms with Crippen molar-refractivity contribution in [2.24, 2.45) is 5.92 Å². The first kappa shape index (κ1) is 13.1. The van der Waals surface area contributed by atoms with Crippen LogP contribution >= 0.6 is 27.5 Å². The van der Waals surface area contributed by atoms with Crippen LogP contribution in [0, 0.1) is 5.92 Å². The van der Waals surface area contributed by atoms with Crippen LogP contribution in [0.15, 0.2) is 16.7 Å². The second-order valence-electron chi connectivity index (χ2n) is 4.41. The van der Waals surface area contributed by atoms with Gasteiger partial charge < -0.3 is 10.2 Å². The first-order valence-corrected chi connectivity index (χ1v) is 7.13. The standard InChI is InChI=1S/C12H17BrClN3/c1-2-17-4-3-9(8-17)6-15-12-11(14)5-10(13)7-16-12/h5,7,9H,2-4,6,8H2,1H3,(H,15,16). The molecule has 94 valence electrons. The number of aromatic nitrogens is 1. The minimum atomic E-state index is 0.671. The van der Waals surface area contributed by atoms with Gasteiger partial charge in [0.05, 0.1) is 5.02 Å². The fourth-order valence-electron chi connectivity index (χ4n) is 2.15. The SMILES string of the molecule is CCN1CCC(CNc2ncc(Br)cc2Cl)C1. The molecule has 0 radical (unpaired) electrons. The van der Waals surface area contributed by atoms with Crippen molar-refractivity contribution in [3.63, 3.8) is 0 Å².